The van der Waals surface area contributed by atoms with E-state index in [1.54, 1.807) is 24.3 Å². The fourth-order valence-electron chi connectivity index (χ4n) is 5.87. The smallest absolute Gasteiger partial charge is 0.388 e. The van der Waals surface area contributed by atoms with Crippen molar-refractivity contribution in [1.82, 2.24) is 9.97 Å². The summed E-state index contributed by atoms with van der Waals surface area (Å²) in [5.41, 5.74) is 5.26. The van der Waals surface area contributed by atoms with Crippen molar-refractivity contribution >= 4 is 91.7 Å². The van der Waals surface area contributed by atoms with Gasteiger partial charge in [-0.2, -0.15) is 8.42 Å². The summed E-state index contributed by atoms with van der Waals surface area (Å²) in [6, 6.07) is 14.6. The normalized spacial score (nSPS) is 18.2. The Morgan fingerprint density at radius 2 is 1.02 bits per heavy atom. The molecule has 2 amide bonds. The number of nitrogens with zero attached hydrogens (tertiary/aromatic N) is 4. The summed E-state index contributed by atoms with van der Waals surface area (Å²) >= 11 is 25.8. The number of carbonyl (C=O) groups excluding carboxylic acids is 4. The van der Waals surface area contributed by atoms with Gasteiger partial charge in [-0.25, -0.2) is 9.59 Å². The second-order valence-corrected chi connectivity index (χ2v) is 13.8. The zero-order valence-electron chi connectivity index (χ0n) is 27.0. The minimum atomic E-state index is -4.67. The molecule has 2 aliphatic rings. The number of aromatic nitrogens is 2. The number of hydrogen-bond donors (Lipinski definition) is 4. The second kappa shape index (κ2) is 14.8. The summed E-state index contributed by atoms with van der Waals surface area (Å²) in [6.45, 7) is 7.63. The maximum absolute atomic E-state index is 14.8. The van der Waals surface area contributed by atoms with E-state index < -0.39 is 45.2 Å². The largest absolute Gasteiger partial charge is 0.394 e. The van der Waals surface area contributed by atoms with Crippen LogP contribution in [0.1, 0.15) is 11.4 Å². The molecule has 4 heterocycles. The molecule has 54 heavy (non-hydrogen) atoms. The summed E-state index contributed by atoms with van der Waals surface area (Å²) in [4.78, 5) is 73.0. The van der Waals surface area contributed by atoms with Gasteiger partial charge < -0.3 is 16.2 Å². The van der Waals surface area contributed by atoms with Gasteiger partial charge in [-0.05, 0) is 48.5 Å². The Morgan fingerprint density at radius 1 is 0.667 bits per heavy atom. The number of pyridine rings is 2. The van der Waals surface area contributed by atoms with Crippen LogP contribution in [0.15, 0.2) is 107 Å². The van der Waals surface area contributed by atoms with E-state index in [9.17, 15) is 19.2 Å². The number of esters is 2. The number of carbonyl (C=O) groups is 4. The highest BCUT2D eigenvalue weighted by Crippen LogP contribution is 2.44. The van der Waals surface area contributed by atoms with E-state index in [0.717, 1.165) is 0 Å². The average molecular weight is 832 g/mol. The molecule has 0 fully saturated rings. The third-order valence-corrected chi connectivity index (χ3v) is 8.95. The number of benzene rings is 2. The third-order valence-electron chi connectivity index (χ3n) is 7.91. The van der Waals surface area contributed by atoms with Crippen LogP contribution in [0, 0.1) is 0 Å². The van der Waals surface area contributed by atoms with Crippen molar-refractivity contribution < 1.29 is 41.4 Å². The first-order valence-corrected chi connectivity index (χ1v) is 17.6. The average Bonchev–Trinajstić information content (AvgIpc) is 3.63. The molecule has 4 aromatic rings. The van der Waals surface area contributed by atoms with Gasteiger partial charge in [0, 0.05) is 55.2 Å². The topological polar surface area (TPSA) is 255 Å². The second-order valence-electron chi connectivity index (χ2n) is 11.2. The zero-order valence-corrected chi connectivity index (χ0v) is 30.8. The van der Waals surface area contributed by atoms with Crippen LogP contribution < -0.4 is 32.6 Å². The summed E-state index contributed by atoms with van der Waals surface area (Å²) in [6.07, 6.45) is 2.72. The maximum atomic E-state index is 14.8. The van der Waals surface area contributed by atoms with Gasteiger partial charge in [0.25, 0.3) is 0 Å². The molecule has 20 heteroatoms. The van der Waals surface area contributed by atoms with Crippen LogP contribution in [0.25, 0.3) is 11.1 Å². The quantitative estimate of drug-likeness (QED) is 0.0860. The van der Waals surface area contributed by atoms with Gasteiger partial charge in [0.2, 0.25) is 22.9 Å². The SMILES string of the molecule is C=C(C(N)=O)C1=c2c(Cl)cc(Cl)cc2=NC1(C(=O)OC(=O)C1(c2ccccn2)N=c2cc(Cl)cc(Cl)c2=C1C(=C)C(N)=O)c1ccccn1.O=S(=O)(O)O. The Kier molecular flexibility index (Phi) is 10.9. The number of nitrogens with two attached hydrogens (primary N) is 2. The monoisotopic (exact) mass is 830 g/mol. The maximum Gasteiger partial charge on any atom is 0.394 e. The molecule has 2 aromatic heterocycles. The van der Waals surface area contributed by atoms with Crippen LogP contribution in [-0.4, -0.2) is 51.2 Å². The molecular weight excluding hydrogens is 810 g/mol. The zero-order chi connectivity index (χ0) is 39.9. The van der Waals surface area contributed by atoms with Gasteiger partial charge >= 0.3 is 22.3 Å². The molecule has 2 aliphatic heterocycles. The van der Waals surface area contributed by atoms with Crippen molar-refractivity contribution in [3.05, 3.63) is 150 Å². The fraction of sp³-hybridized carbons (Fsp3) is 0.0588. The highest BCUT2D eigenvalue weighted by Gasteiger charge is 2.57. The number of halogens is 4. The van der Waals surface area contributed by atoms with E-state index >= 15 is 0 Å². The van der Waals surface area contributed by atoms with Crippen LogP contribution in [0.4, 0.5) is 0 Å². The molecule has 2 atom stereocenters. The number of rotatable bonds is 8. The van der Waals surface area contributed by atoms with Crippen molar-refractivity contribution in [1.29, 1.82) is 0 Å². The summed E-state index contributed by atoms with van der Waals surface area (Å²) < 4.78 is 37.3. The van der Waals surface area contributed by atoms with E-state index in [1.165, 1.54) is 48.8 Å². The van der Waals surface area contributed by atoms with E-state index in [1.807, 2.05) is 0 Å². The lowest BCUT2D eigenvalue weighted by Crippen LogP contribution is -2.46. The van der Waals surface area contributed by atoms with Crippen molar-refractivity contribution in [2.24, 2.45) is 21.5 Å². The molecule has 15 nitrogen and oxygen atoms in total. The Morgan fingerprint density at radius 3 is 1.31 bits per heavy atom. The van der Waals surface area contributed by atoms with Gasteiger partial charge in [-0.15, -0.1) is 0 Å². The highest BCUT2D eigenvalue weighted by atomic mass is 35.5. The van der Waals surface area contributed by atoms with E-state index in [0.29, 0.717) is 0 Å². The molecule has 6 N–H and O–H groups in total. The molecular formula is C34H22Cl4N6O9S. The van der Waals surface area contributed by atoms with Gasteiger partial charge in [0.15, 0.2) is 0 Å². The van der Waals surface area contributed by atoms with Gasteiger partial charge in [0.05, 0.1) is 32.1 Å². The standard InChI is InChI=1S/C34H20Cl4N6O5.H2O4S/c1-15(29(39)45)27-25-19(37)11-17(35)13-21(25)43-33(27,23-7-3-5-9-41-23)31(47)49-32(48)34(24-8-4-6-10-42-24)28(16(2)30(40)46)26-20(38)12-18(36)14-22(26)44-34;1-5(2,3)4/h3-14H,1-2H2,(H2,39,45)(H2,40,46);(H2,1,2,3,4). The fourth-order valence-corrected chi connectivity index (χ4v) is 7.03. The Labute approximate surface area is 324 Å². The summed E-state index contributed by atoms with van der Waals surface area (Å²) in [7, 11) is -4.67. The van der Waals surface area contributed by atoms with Crippen molar-refractivity contribution in [2.75, 3.05) is 0 Å². The first-order chi connectivity index (χ1) is 25.2. The Hall–Kier alpha value is -5.33. The van der Waals surface area contributed by atoms with Crippen molar-refractivity contribution in [2.45, 2.75) is 11.1 Å². The first kappa shape index (κ1) is 39.9. The molecule has 2 aromatic carbocycles. The molecule has 0 bridgehead atoms. The third kappa shape index (κ3) is 7.15. The minimum Gasteiger partial charge on any atom is -0.388 e. The van der Waals surface area contributed by atoms with Gasteiger partial charge in [-0.3, -0.25) is 38.6 Å². The van der Waals surface area contributed by atoms with Crippen LogP contribution in [0.5, 0.6) is 0 Å². The summed E-state index contributed by atoms with van der Waals surface area (Å²) in [5.74, 6) is -4.80. The van der Waals surface area contributed by atoms with Crippen LogP contribution in [-0.2, 0) is 45.4 Å². The van der Waals surface area contributed by atoms with Gasteiger partial charge in [-0.1, -0.05) is 71.7 Å². The number of primary amides is 2. The molecule has 276 valence electrons. The molecule has 0 radical (unpaired) electrons. The number of ether oxygens (including phenoxy) is 1. The number of amides is 2. The highest BCUT2D eigenvalue weighted by molar-refractivity contribution is 7.79. The molecule has 6 rings (SSSR count). The lowest BCUT2D eigenvalue weighted by Gasteiger charge is -2.31. The van der Waals surface area contributed by atoms with Crippen LogP contribution in [0.2, 0.25) is 20.1 Å². The molecule has 2 unspecified atom stereocenters. The Balaban J connectivity index is 0.00000105. The van der Waals surface area contributed by atoms with Gasteiger partial charge in [0.1, 0.15) is 0 Å². The van der Waals surface area contributed by atoms with E-state index in [4.69, 9.17) is 80.1 Å². The molecule has 0 aliphatic carbocycles. The van der Waals surface area contributed by atoms with Crippen molar-refractivity contribution in [3.63, 3.8) is 0 Å². The predicted octanol–water partition coefficient (Wildman–Crippen LogP) is 1.65. The van der Waals surface area contributed by atoms with Crippen molar-refractivity contribution in [3.8, 4) is 0 Å². The lowest BCUT2D eigenvalue weighted by atomic mass is 9.81. The minimum absolute atomic E-state index is 0.00771. The first-order valence-electron chi connectivity index (χ1n) is 14.7. The molecule has 0 spiro atoms. The number of fused-ring (bicyclic) bond motifs is 2. The molecule has 0 saturated heterocycles. The summed E-state index contributed by atoms with van der Waals surface area (Å²) in [5, 5.41) is 0.550. The van der Waals surface area contributed by atoms with Crippen LogP contribution in [0.3, 0.4) is 0 Å². The Bertz CT molecular complexity index is 2540. The predicted molar refractivity (Wildman–Crippen MR) is 195 cm³/mol. The van der Waals surface area contributed by atoms with E-state index in [2.05, 4.69) is 33.1 Å². The molecule has 0 saturated carbocycles. The number of hydrogen-bond acceptors (Lipinski definition) is 11. The van der Waals surface area contributed by atoms with Crippen LogP contribution >= 0.6 is 46.4 Å². The lowest BCUT2D eigenvalue weighted by molar-refractivity contribution is -0.165. The van der Waals surface area contributed by atoms with E-state index in [-0.39, 0.29) is 74.9 Å².